The number of aliphatic hydroxyl groups is 1. The maximum absolute atomic E-state index is 15.2. The van der Waals surface area contributed by atoms with Gasteiger partial charge in [0.15, 0.2) is 0 Å². The van der Waals surface area contributed by atoms with Crippen LogP contribution in [-0.2, 0) is 54.4 Å². The minimum atomic E-state index is -1.28. The van der Waals surface area contributed by atoms with E-state index in [2.05, 4.69) is 21.3 Å². The molecule has 26 heteroatoms. The van der Waals surface area contributed by atoms with Crippen molar-refractivity contribution in [2.75, 3.05) is 74.0 Å². The molecule has 25 nitrogen and oxygen atoms in total. The Morgan fingerprint density at radius 3 is 1.55 bits per heavy atom. The van der Waals surface area contributed by atoms with Crippen molar-refractivity contribution < 1.29 is 67.7 Å². The summed E-state index contributed by atoms with van der Waals surface area (Å²) in [6.07, 6.45) is 3.30. The highest BCUT2D eigenvalue weighted by Crippen LogP contribution is 2.25. The van der Waals surface area contributed by atoms with Crippen molar-refractivity contribution in [3.05, 3.63) is 35.4 Å². The van der Waals surface area contributed by atoms with E-state index in [1.54, 1.807) is 46.8 Å². The largest absolute Gasteiger partial charge is 0.478 e. The standard InChI is InChI=1S/C67H113N11O14S/c1-21-48-61(85)76(18)53(38-93-32-23-22-31-79)63(87)73(15)50(34-40(4)5)60(84)71-55(42(8)9)64(88)74(16)49(33-39(2)3)58(82)69-45(13)57(81)68-37-54(80)72(14)52(35-41(6)7)62(86)78(20)67(92)77(19)56(43(10)11)65(89)75(17)51(59(83)70-48)36-44(12)25-24-26-46-27-29-47(30-28-46)66(90)91/h27-30,39-45,48-53,55-56,79H,21-26,31-38H2,1-20H3,(H,68,81)(H,69,82)(H,70,83)(H,71,84)(H,90,91)/t44-,45-,48?,49-,50+,51?,52?,53-,55-,56?/m1/s1. The van der Waals surface area contributed by atoms with Crippen LogP contribution in [0.15, 0.2) is 24.3 Å². The number of unbranched alkanes of at least 4 members (excludes halogenated alkanes) is 1. The number of imide groups is 1. The molecular formula is C67H113N11O14S. The van der Waals surface area contributed by atoms with Gasteiger partial charge in [0.05, 0.1) is 12.1 Å². The number of benzene rings is 1. The van der Waals surface area contributed by atoms with E-state index in [-0.39, 0.29) is 73.7 Å². The first-order chi connectivity index (χ1) is 43.4. The Labute approximate surface area is 557 Å². The second kappa shape index (κ2) is 39.1. The van der Waals surface area contributed by atoms with E-state index < -0.39 is 144 Å². The van der Waals surface area contributed by atoms with Crippen LogP contribution in [0.3, 0.4) is 0 Å². The van der Waals surface area contributed by atoms with Crippen molar-refractivity contribution in [3.63, 3.8) is 0 Å². The summed E-state index contributed by atoms with van der Waals surface area (Å²) in [4.78, 5) is 181. The lowest BCUT2D eigenvalue weighted by atomic mass is 9.92. The van der Waals surface area contributed by atoms with Crippen molar-refractivity contribution in [3.8, 4) is 0 Å². The number of likely N-dealkylation sites (N-methyl/N-ethyl adjacent to an activating group) is 7. The molecule has 0 radical (unpaired) electrons. The Bertz CT molecular complexity index is 2690. The zero-order valence-electron chi connectivity index (χ0n) is 59.2. The minimum absolute atomic E-state index is 0.0332. The monoisotopic (exact) mass is 1330 g/mol. The van der Waals surface area contributed by atoms with E-state index in [4.69, 9.17) is 0 Å². The third-order valence-corrected chi connectivity index (χ3v) is 18.4. The number of carbonyl (C=O) groups is 12. The summed E-state index contributed by atoms with van der Waals surface area (Å²) in [5, 5.41) is 30.0. The number of carbonyl (C=O) groups excluding carboxylic acids is 11. The first-order valence-corrected chi connectivity index (χ1v) is 34.1. The summed E-state index contributed by atoms with van der Waals surface area (Å²) < 4.78 is 0. The van der Waals surface area contributed by atoms with Crippen LogP contribution in [0.1, 0.15) is 164 Å². The molecule has 526 valence electrons. The molecular weight excluding hydrogens is 1210 g/mol. The smallest absolute Gasteiger partial charge is 0.335 e. The normalized spacial score (nSPS) is 24.1. The third kappa shape index (κ3) is 24.5. The van der Waals surface area contributed by atoms with Crippen LogP contribution >= 0.6 is 11.8 Å². The quantitative estimate of drug-likeness (QED) is 0.0856. The molecule has 1 aromatic rings. The van der Waals surface area contributed by atoms with Gasteiger partial charge in [-0.25, -0.2) is 9.59 Å². The van der Waals surface area contributed by atoms with Crippen molar-refractivity contribution in [2.45, 2.75) is 209 Å². The van der Waals surface area contributed by atoms with Crippen molar-refractivity contribution >= 4 is 82.8 Å². The molecule has 0 aromatic heterocycles. The summed E-state index contributed by atoms with van der Waals surface area (Å²) in [5.41, 5.74) is 1.04. The summed E-state index contributed by atoms with van der Waals surface area (Å²) in [7, 11) is 9.73. The molecule has 6 N–H and O–H groups in total. The Morgan fingerprint density at radius 1 is 0.548 bits per heavy atom. The number of nitrogens with zero attached hydrogens (tertiary/aromatic N) is 7. The summed E-state index contributed by atoms with van der Waals surface area (Å²) in [6.45, 7) is 22.3. The molecule has 93 heavy (non-hydrogen) atoms. The second-order valence-corrected chi connectivity index (χ2v) is 28.3. The maximum atomic E-state index is 15.2. The predicted molar refractivity (Wildman–Crippen MR) is 359 cm³/mol. The average molecular weight is 1330 g/mol. The highest BCUT2D eigenvalue weighted by atomic mass is 32.2. The molecule has 0 aliphatic carbocycles. The number of urea groups is 1. The van der Waals surface area contributed by atoms with Gasteiger partial charge in [0.25, 0.3) is 5.91 Å². The number of hydrogen-bond acceptors (Lipinski definition) is 14. The van der Waals surface area contributed by atoms with E-state index in [0.717, 1.165) is 20.3 Å². The van der Waals surface area contributed by atoms with Gasteiger partial charge >= 0.3 is 12.0 Å². The van der Waals surface area contributed by atoms with Crippen molar-refractivity contribution in [1.82, 2.24) is 55.6 Å². The summed E-state index contributed by atoms with van der Waals surface area (Å²) >= 11 is 1.36. The van der Waals surface area contributed by atoms with Gasteiger partial charge < -0.3 is 60.9 Å². The first kappa shape index (κ1) is 82.3. The van der Waals surface area contributed by atoms with Crippen molar-refractivity contribution in [1.29, 1.82) is 0 Å². The van der Waals surface area contributed by atoms with Crippen molar-refractivity contribution in [2.24, 2.45) is 35.5 Å². The maximum Gasteiger partial charge on any atom is 0.335 e. The summed E-state index contributed by atoms with van der Waals surface area (Å²) in [5.74, 6) is -9.27. The fraction of sp³-hybridized carbons (Fsp3) is 0.731. The number of aryl methyl sites for hydroxylation is 1. The minimum Gasteiger partial charge on any atom is -0.478 e. The fourth-order valence-corrected chi connectivity index (χ4v) is 12.5. The van der Waals surface area contributed by atoms with Gasteiger partial charge in [-0.05, 0) is 124 Å². The summed E-state index contributed by atoms with van der Waals surface area (Å²) in [6, 6.07) is -5.40. The average Bonchev–Trinajstić information content (AvgIpc) is 1.35. The van der Waals surface area contributed by atoms with Crippen LogP contribution in [0.2, 0.25) is 0 Å². The van der Waals surface area contributed by atoms with E-state index in [1.807, 2.05) is 48.5 Å². The van der Waals surface area contributed by atoms with Crippen LogP contribution in [0.4, 0.5) is 4.79 Å². The molecule has 12 amide bonds. The van der Waals surface area contributed by atoms with Gasteiger partial charge in [-0.3, -0.25) is 52.8 Å². The van der Waals surface area contributed by atoms with Gasteiger partial charge in [-0.1, -0.05) is 102 Å². The number of rotatable bonds is 22. The fourth-order valence-electron chi connectivity index (χ4n) is 11.4. The first-order valence-electron chi connectivity index (χ1n) is 32.9. The number of amides is 12. The molecule has 0 spiro atoms. The second-order valence-electron chi connectivity index (χ2n) is 27.1. The topological polar surface area (TPSA) is 316 Å². The predicted octanol–water partition coefficient (Wildman–Crippen LogP) is 4.72. The Balaban J connectivity index is 2.98. The number of thioether (sulfide) groups is 1. The molecule has 1 fully saturated rings. The Kier molecular flexibility index (Phi) is 34.6. The van der Waals surface area contributed by atoms with E-state index >= 15 is 19.2 Å². The number of hydrogen-bond donors (Lipinski definition) is 6. The molecule has 1 aromatic carbocycles. The molecule has 0 saturated carbocycles. The molecule has 1 saturated heterocycles. The molecule has 1 aliphatic rings. The SMILES string of the molecule is CCC1NC(=O)C(C[C@H](C)CCCc2ccc(C(=O)O)cc2)N(C)C(=O)C(C(C)C)N(C)C(=O)N(C)C(=O)C(CC(C)C)N(C)C(=O)CNC(=O)[C@@H](C)NC(=O)[C@@H](CC(C)C)N(C)C(=O)[C@@H](C(C)C)NC(=O)[C@H](CC(C)C)N(C)C(=O)[C@@H](CSCCCCO)N(C)C1=O. The third-order valence-electron chi connectivity index (χ3n) is 17.3. The van der Waals surface area contributed by atoms with E-state index in [1.165, 1.54) is 99.8 Å². The van der Waals surface area contributed by atoms with Crippen LogP contribution in [0.5, 0.6) is 0 Å². The molecule has 2 rings (SSSR count). The highest BCUT2D eigenvalue weighted by molar-refractivity contribution is 7.99. The molecule has 0 bridgehead atoms. The Morgan fingerprint density at radius 2 is 1.04 bits per heavy atom. The number of carboxylic acids is 1. The lowest BCUT2D eigenvalue weighted by Gasteiger charge is -2.39. The van der Waals surface area contributed by atoms with E-state index in [0.29, 0.717) is 37.9 Å². The molecule has 10 atom stereocenters. The van der Waals surface area contributed by atoms with Gasteiger partial charge in [-0.15, -0.1) is 0 Å². The number of aromatic carboxylic acids is 1. The van der Waals surface area contributed by atoms with Crippen LogP contribution in [-0.4, -0.2) is 244 Å². The van der Waals surface area contributed by atoms with Crippen LogP contribution in [0, 0.1) is 35.5 Å². The van der Waals surface area contributed by atoms with Crippen LogP contribution in [0.25, 0.3) is 0 Å². The Hall–Kier alpha value is -6.83. The highest BCUT2D eigenvalue weighted by Gasteiger charge is 2.44. The number of carboxylic acid groups (broad SMARTS) is 1. The molecule has 4 unspecified atom stereocenters. The zero-order valence-corrected chi connectivity index (χ0v) is 60.0. The molecule has 1 heterocycles. The number of aliphatic hydroxyl groups excluding tert-OH is 1. The van der Waals surface area contributed by atoms with Gasteiger partial charge in [0.2, 0.25) is 53.2 Å². The lowest BCUT2D eigenvalue weighted by molar-refractivity contribution is -0.150. The zero-order chi connectivity index (χ0) is 71.0. The lowest BCUT2D eigenvalue weighted by Crippen LogP contribution is -2.62. The van der Waals surface area contributed by atoms with Gasteiger partial charge in [-0.2, -0.15) is 11.8 Å². The van der Waals surface area contributed by atoms with Gasteiger partial charge in [0, 0.05) is 61.7 Å². The number of nitrogens with one attached hydrogen (secondary N) is 4. The van der Waals surface area contributed by atoms with Crippen LogP contribution < -0.4 is 21.3 Å². The van der Waals surface area contributed by atoms with E-state index in [9.17, 15) is 48.6 Å². The molecule has 1 aliphatic heterocycles. The van der Waals surface area contributed by atoms with Gasteiger partial charge in [0.1, 0.15) is 54.4 Å².